The van der Waals surface area contributed by atoms with Gasteiger partial charge in [-0.05, 0) is 43.2 Å². The predicted octanol–water partition coefficient (Wildman–Crippen LogP) is 2.63. The van der Waals surface area contributed by atoms with E-state index in [1.165, 1.54) is 0 Å². The van der Waals surface area contributed by atoms with Crippen LogP contribution in [-0.2, 0) is 4.79 Å². The van der Waals surface area contributed by atoms with Crippen molar-refractivity contribution >= 4 is 11.6 Å². The molecule has 2 aromatic carbocycles. The Balaban J connectivity index is 1.58. The van der Waals surface area contributed by atoms with E-state index in [2.05, 4.69) is 16.2 Å². The zero-order valence-corrected chi connectivity index (χ0v) is 13.1. The molecule has 0 radical (unpaired) electrons. The van der Waals surface area contributed by atoms with Gasteiger partial charge >= 0.3 is 0 Å². The third kappa shape index (κ3) is 3.88. The van der Waals surface area contributed by atoms with E-state index in [1.54, 1.807) is 0 Å². The summed E-state index contributed by atoms with van der Waals surface area (Å²) in [4.78, 5) is 12.3. The molecule has 3 N–H and O–H groups in total. The first-order valence-electron chi connectivity index (χ1n) is 7.86. The predicted molar refractivity (Wildman–Crippen MR) is 90.1 cm³/mol. The third-order valence-corrected chi connectivity index (χ3v) is 3.85. The third-order valence-electron chi connectivity index (χ3n) is 3.85. The zero-order valence-electron chi connectivity index (χ0n) is 13.1. The first-order valence-corrected chi connectivity index (χ1v) is 7.86. The van der Waals surface area contributed by atoms with Crippen molar-refractivity contribution < 1.29 is 9.53 Å². The number of anilines is 1. The lowest BCUT2D eigenvalue weighted by Gasteiger charge is -2.11. The molecule has 1 fully saturated rings. The second kappa shape index (κ2) is 7.26. The largest absolute Gasteiger partial charge is 0.494 e. The number of ether oxygens (including phenoxy) is 1. The van der Waals surface area contributed by atoms with Gasteiger partial charge in [-0.2, -0.15) is 0 Å². The van der Waals surface area contributed by atoms with E-state index in [-0.39, 0.29) is 18.0 Å². The molecule has 5 nitrogen and oxygen atoms in total. The molecular formula is C18H21N3O2. The fourth-order valence-electron chi connectivity index (χ4n) is 2.66. The van der Waals surface area contributed by atoms with Crippen LogP contribution < -0.4 is 20.9 Å². The molecule has 1 heterocycles. The Labute approximate surface area is 136 Å². The van der Waals surface area contributed by atoms with Gasteiger partial charge in [0.15, 0.2) is 0 Å². The van der Waals surface area contributed by atoms with Crippen LogP contribution in [0.5, 0.6) is 5.75 Å². The molecule has 0 bridgehead atoms. The van der Waals surface area contributed by atoms with Crippen molar-refractivity contribution in [2.75, 3.05) is 11.9 Å². The summed E-state index contributed by atoms with van der Waals surface area (Å²) in [7, 11) is 0. The monoisotopic (exact) mass is 311 g/mol. The average Bonchev–Trinajstić information content (AvgIpc) is 3.07. The van der Waals surface area contributed by atoms with Crippen molar-refractivity contribution in [2.24, 2.45) is 0 Å². The number of carbonyl (C=O) groups excluding carboxylic acids is 1. The van der Waals surface area contributed by atoms with E-state index >= 15 is 0 Å². The molecular weight excluding hydrogens is 290 g/mol. The van der Waals surface area contributed by atoms with E-state index in [0.29, 0.717) is 13.0 Å². The van der Waals surface area contributed by atoms with E-state index in [9.17, 15) is 4.79 Å². The number of carbonyl (C=O) groups is 1. The van der Waals surface area contributed by atoms with Gasteiger partial charge in [0.05, 0.1) is 6.61 Å². The Morgan fingerprint density at radius 3 is 2.57 bits per heavy atom. The van der Waals surface area contributed by atoms with Gasteiger partial charge in [-0.25, -0.2) is 10.9 Å². The van der Waals surface area contributed by atoms with Gasteiger partial charge in [-0.15, -0.1) is 0 Å². The van der Waals surface area contributed by atoms with Crippen LogP contribution in [0, 0.1) is 0 Å². The molecule has 120 valence electrons. The quantitative estimate of drug-likeness (QED) is 0.794. The maximum absolute atomic E-state index is 12.3. The normalized spacial score (nSPS) is 20.2. The molecule has 0 spiro atoms. The molecule has 5 heteroatoms. The minimum absolute atomic E-state index is 0.0304. The number of hydrazine groups is 1. The van der Waals surface area contributed by atoms with Gasteiger partial charge in [0.2, 0.25) is 5.91 Å². The molecule has 0 aromatic heterocycles. The average molecular weight is 311 g/mol. The summed E-state index contributed by atoms with van der Waals surface area (Å²) in [6.45, 7) is 2.62. The van der Waals surface area contributed by atoms with Gasteiger partial charge in [-0.3, -0.25) is 4.79 Å². The van der Waals surface area contributed by atoms with E-state index in [0.717, 1.165) is 17.0 Å². The Bertz CT molecular complexity index is 643. The summed E-state index contributed by atoms with van der Waals surface area (Å²) in [5.41, 5.74) is 8.21. The van der Waals surface area contributed by atoms with Crippen LogP contribution in [0.3, 0.4) is 0 Å². The lowest BCUT2D eigenvalue weighted by Crippen LogP contribution is -2.39. The van der Waals surface area contributed by atoms with Crippen LogP contribution in [-0.4, -0.2) is 18.6 Å². The Morgan fingerprint density at radius 2 is 1.87 bits per heavy atom. The van der Waals surface area contributed by atoms with Crippen molar-refractivity contribution in [3.63, 3.8) is 0 Å². The molecule has 1 aliphatic heterocycles. The Morgan fingerprint density at radius 1 is 1.13 bits per heavy atom. The number of amides is 1. The van der Waals surface area contributed by atoms with Crippen LogP contribution in [0.25, 0.3) is 0 Å². The van der Waals surface area contributed by atoms with Gasteiger partial charge in [-0.1, -0.05) is 30.3 Å². The summed E-state index contributed by atoms with van der Waals surface area (Å²) in [5.74, 6) is 0.831. The van der Waals surface area contributed by atoms with Crippen molar-refractivity contribution in [3.05, 3.63) is 60.2 Å². The first-order chi connectivity index (χ1) is 11.3. The summed E-state index contributed by atoms with van der Waals surface area (Å²) in [5, 5.41) is 2.92. The number of nitrogens with one attached hydrogen (secondary N) is 3. The van der Waals surface area contributed by atoms with Crippen molar-refractivity contribution in [1.82, 2.24) is 10.9 Å². The van der Waals surface area contributed by atoms with Crippen LogP contribution in [0.4, 0.5) is 5.69 Å². The molecule has 1 aliphatic rings. The van der Waals surface area contributed by atoms with Crippen molar-refractivity contribution in [2.45, 2.75) is 25.4 Å². The molecule has 0 saturated carbocycles. The number of rotatable bonds is 5. The highest BCUT2D eigenvalue weighted by Gasteiger charge is 2.30. The number of para-hydroxylation sites is 1. The lowest BCUT2D eigenvalue weighted by atomic mass is 10.0. The fraction of sp³-hybridized carbons (Fsp3) is 0.278. The number of benzene rings is 2. The van der Waals surface area contributed by atoms with E-state index in [1.807, 2.05) is 61.5 Å². The summed E-state index contributed by atoms with van der Waals surface area (Å²) < 4.78 is 5.45. The molecule has 2 aromatic rings. The number of hydrogen-bond acceptors (Lipinski definition) is 4. The zero-order chi connectivity index (χ0) is 16.1. The Kier molecular flexibility index (Phi) is 4.90. The Hall–Kier alpha value is -2.37. The second-order valence-electron chi connectivity index (χ2n) is 5.49. The van der Waals surface area contributed by atoms with Gasteiger partial charge in [0.25, 0.3) is 0 Å². The molecule has 2 atom stereocenters. The summed E-state index contributed by atoms with van der Waals surface area (Å²) in [6, 6.07) is 17.3. The highest BCUT2D eigenvalue weighted by molar-refractivity contribution is 5.95. The molecule has 3 rings (SSSR count). The van der Waals surface area contributed by atoms with Crippen LogP contribution in [0.2, 0.25) is 0 Å². The minimum Gasteiger partial charge on any atom is -0.494 e. The summed E-state index contributed by atoms with van der Waals surface area (Å²) in [6.07, 6.45) is 0.701. The SMILES string of the molecule is CCOc1ccc(C2CC(C(=O)Nc3ccccc3)NN2)cc1. The maximum Gasteiger partial charge on any atom is 0.242 e. The van der Waals surface area contributed by atoms with Crippen molar-refractivity contribution in [3.8, 4) is 5.75 Å². The smallest absolute Gasteiger partial charge is 0.242 e. The standard InChI is InChI=1S/C18H21N3O2/c1-2-23-15-10-8-13(9-11-15)16-12-17(21-20-16)18(22)19-14-6-4-3-5-7-14/h3-11,16-17,20-21H,2,12H2,1H3,(H,19,22). The number of hydrogen-bond donors (Lipinski definition) is 3. The summed E-state index contributed by atoms with van der Waals surface area (Å²) >= 11 is 0. The van der Waals surface area contributed by atoms with Gasteiger partial charge in [0.1, 0.15) is 11.8 Å². The second-order valence-corrected chi connectivity index (χ2v) is 5.49. The molecule has 0 aliphatic carbocycles. The van der Waals surface area contributed by atoms with Crippen LogP contribution >= 0.6 is 0 Å². The van der Waals surface area contributed by atoms with Gasteiger partial charge in [0, 0.05) is 11.7 Å². The first kappa shape index (κ1) is 15.5. The van der Waals surface area contributed by atoms with Crippen LogP contribution in [0.15, 0.2) is 54.6 Å². The highest BCUT2D eigenvalue weighted by atomic mass is 16.5. The van der Waals surface area contributed by atoms with Crippen molar-refractivity contribution in [1.29, 1.82) is 0 Å². The van der Waals surface area contributed by atoms with E-state index in [4.69, 9.17) is 4.74 Å². The molecule has 1 amide bonds. The maximum atomic E-state index is 12.3. The molecule has 1 saturated heterocycles. The fourth-order valence-corrected chi connectivity index (χ4v) is 2.66. The minimum atomic E-state index is -0.258. The lowest BCUT2D eigenvalue weighted by molar-refractivity contribution is -0.117. The van der Waals surface area contributed by atoms with E-state index < -0.39 is 0 Å². The topological polar surface area (TPSA) is 62.4 Å². The molecule has 2 unspecified atom stereocenters. The molecule has 23 heavy (non-hydrogen) atoms. The van der Waals surface area contributed by atoms with Gasteiger partial charge < -0.3 is 10.1 Å². The highest BCUT2D eigenvalue weighted by Crippen LogP contribution is 2.24. The van der Waals surface area contributed by atoms with Crippen LogP contribution in [0.1, 0.15) is 24.9 Å².